The van der Waals surface area contributed by atoms with Gasteiger partial charge in [0.2, 0.25) is 5.79 Å². The van der Waals surface area contributed by atoms with Crippen molar-refractivity contribution in [3.8, 4) is 0 Å². The summed E-state index contributed by atoms with van der Waals surface area (Å²) >= 11 is 0. The predicted molar refractivity (Wildman–Crippen MR) is 36.0 cm³/mol. The molecule has 1 aliphatic rings. The molecule has 72 valence electrons. The van der Waals surface area contributed by atoms with E-state index >= 15 is 0 Å². The minimum Gasteiger partial charge on any atom is -0.391 e. The maximum Gasteiger partial charge on any atom is 0.218 e. The summed E-state index contributed by atoms with van der Waals surface area (Å²) in [5, 5.41) is 45.0. The molecule has 1 fully saturated rings. The van der Waals surface area contributed by atoms with Crippen LogP contribution in [-0.4, -0.2) is 62.8 Å². The lowest BCUT2D eigenvalue weighted by Gasteiger charge is -2.40. The highest BCUT2D eigenvalue weighted by Crippen LogP contribution is 2.22. The fourth-order valence-electron chi connectivity index (χ4n) is 1.03. The minimum absolute atomic E-state index is 0.324. The van der Waals surface area contributed by atoms with Gasteiger partial charge in [-0.05, 0) is 0 Å². The van der Waals surface area contributed by atoms with Crippen molar-refractivity contribution in [1.82, 2.24) is 0 Å². The third kappa shape index (κ3) is 1.45. The molecule has 0 saturated carbocycles. The quantitative estimate of drug-likeness (QED) is 0.290. The highest BCUT2D eigenvalue weighted by Gasteiger charge is 2.47. The van der Waals surface area contributed by atoms with E-state index in [1.165, 1.54) is 0 Å². The maximum atomic E-state index is 9.24. The molecular weight excluding hydrogens is 168 g/mol. The van der Waals surface area contributed by atoms with E-state index in [4.69, 9.17) is 20.4 Å². The van der Waals surface area contributed by atoms with Crippen LogP contribution in [0.15, 0.2) is 0 Å². The van der Waals surface area contributed by atoms with Crippen molar-refractivity contribution < 1.29 is 30.3 Å². The number of hydrogen-bond acceptors (Lipinski definition) is 6. The van der Waals surface area contributed by atoms with E-state index in [1.54, 1.807) is 0 Å². The second-order valence-electron chi connectivity index (χ2n) is 2.82. The number of rotatable bonds is 1. The monoisotopic (exact) mass is 180 g/mol. The molecule has 1 rings (SSSR count). The largest absolute Gasteiger partial charge is 0.391 e. The van der Waals surface area contributed by atoms with E-state index < -0.39 is 30.7 Å². The summed E-state index contributed by atoms with van der Waals surface area (Å²) in [5.74, 6) is -2.17. The van der Waals surface area contributed by atoms with Crippen molar-refractivity contribution in [1.29, 1.82) is 0 Å². The Morgan fingerprint density at radius 2 is 1.92 bits per heavy atom. The summed E-state index contributed by atoms with van der Waals surface area (Å²) in [6.07, 6.45) is -4.45. The summed E-state index contributed by atoms with van der Waals surface area (Å²) in [4.78, 5) is 0. The van der Waals surface area contributed by atoms with Gasteiger partial charge in [0, 0.05) is 0 Å². The lowest BCUT2D eigenvalue weighted by Crippen LogP contribution is -2.62. The van der Waals surface area contributed by atoms with Crippen molar-refractivity contribution >= 4 is 0 Å². The molecule has 0 aliphatic carbocycles. The molecule has 5 N–H and O–H groups in total. The van der Waals surface area contributed by atoms with Crippen LogP contribution in [0.5, 0.6) is 0 Å². The fourth-order valence-corrected chi connectivity index (χ4v) is 1.03. The lowest BCUT2D eigenvalue weighted by molar-refractivity contribution is -0.331. The zero-order chi connectivity index (χ0) is 9.35. The molecule has 0 unspecified atom stereocenters. The average Bonchev–Trinajstić information content (AvgIpc) is 2.09. The Morgan fingerprint density at radius 3 is 2.42 bits per heavy atom. The molecule has 1 aliphatic heterocycles. The Kier molecular flexibility index (Phi) is 2.67. The third-order valence-electron chi connectivity index (χ3n) is 1.91. The number of aliphatic hydroxyl groups excluding tert-OH is 4. The van der Waals surface area contributed by atoms with E-state index in [2.05, 4.69) is 4.74 Å². The van der Waals surface area contributed by atoms with Crippen LogP contribution >= 0.6 is 0 Å². The van der Waals surface area contributed by atoms with Crippen LogP contribution in [0.25, 0.3) is 0 Å². The minimum atomic E-state index is -2.17. The summed E-state index contributed by atoms with van der Waals surface area (Å²) in [7, 11) is 0. The Balaban J connectivity index is 2.71. The van der Waals surface area contributed by atoms with E-state index in [0.29, 0.717) is 0 Å². The van der Waals surface area contributed by atoms with Crippen LogP contribution in [0.4, 0.5) is 0 Å². The Bertz CT molecular complexity index is 162. The highest BCUT2D eigenvalue weighted by molar-refractivity contribution is 4.90. The van der Waals surface area contributed by atoms with Crippen LogP contribution in [0.1, 0.15) is 0 Å². The van der Waals surface area contributed by atoms with Crippen LogP contribution in [0.3, 0.4) is 0 Å². The Labute approximate surface area is 68.6 Å². The molecule has 6 heteroatoms. The van der Waals surface area contributed by atoms with Gasteiger partial charge in [-0.25, -0.2) is 0 Å². The van der Waals surface area contributed by atoms with Gasteiger partial charge in [0.05, 0.1) is 13.2 Å². The first-order valence-corrected chi connectivity index (χ1v) is 3.52. The van der Waals surface area contributed by atoms with E-state index in [-0.39, 0.29) is 6.61 Å². The molecule has 1 heterocycles. The zero-order valence-corrected chi connectivity index (χ0v) is 6.29. The van der Waals surface area contributed by atoms with Gasteiger partial charge in [-0.3, -0.25) is 0 Å². The first-order valence-electron chi connectivity index (χ1n) is 3.52. The van der Waals surface area contributed by atoms with E-state index in [9.17, 15) is 5.11 Å². The second-order valence-corrected chi connectivity index (χ2v) is 2.82. The molecule has 0 aromatic heterocycles. The first kappa shape index (κ1) is 9.85. The second kappa shape index (κ2) is 3.25. The Hall–Kier alpha value is -0.240. The van der Waals surface area contributed by atoms with Crippen LogP contribution in [-0.2, 0) is 4.74 Å². The van der Waals surface area contributed by atoms with Gasteiger partial charge < -0.3 is 30.3 Å². The average molecular weight is 180 g/mol. The van der Waals surface area contributed by atoms with Crippen LogP contribution in [0, 0.1) is 0 Å². The number of hydrogen-bond donors (Lipinski definition) is 5. The van der Waals surface area contributed by atoms with Gasteiger partial charge >= 0.3 is 0 Å². The SMILES string of the molecule is OC[C@@]1(O)OC[C@@H](O)[C@@H](O)[C@@H]1O. The molecule has 0 amide bonds. The molecule has 0 spiro atoms. The van der Waals surface area contributed by atoms with Crippen LogP contribution in [0.2, 0.25) is 0 Å². The summed E-state index contributed by atoms with van der Waals surface area (Å²) in [6, 6.07) is 0. The topological polar surface area (TPSA) is 110 Å². The number of aliphatic hydroxyl groups is 5. The molecule has 12 heavy (non-hydrogen) atoms. The van der Waals surface area contributed by atoms with Crippen molar-refractivity contribution in [2.24, 2.45) is 0 Å². The molecular formula is C6H12O6. The van der Waals surface area contributed by atoms with Gasteiger partial charge in [0.1, 0.15) is 18.3 Å². The first-order chi connectivity index (χ1) is 5.51. The molecule has 0 aromatic rings. The van der Waals surface area contributed by atoms with Crippen molar-refractivity contribution in [3.63, 3.8) is 0 Å². The molecule has 6 nitrogen and oxygen atoms in total. The fraction of sp³-hybridized carbons (Fsp3) is 1.00. The third-order valence-corrected chi connectivity index (χ3v) is 1.91. The van der Waals surface area contributed by atoms with Gasteiger partial charge in [0.15, 0.2) is 0 Å². The van der Waals surface area contributed by atoms with Crippen molar-refractivity contribution in [2.75, 3.05) is 13.2 Å². The number of ether oxygens (including phenoxy) is 1. The summed E-state index contributed by atoms with van der Waals surface area (Å²) < 4.78 is 4.56. The molecule has 1 saturated heterocycles. The maximum absolute atomic E-state index is 9.24. The molecule has 0 aromatic carbocycles. The van der Waals surface area contributed by atoms with Crippen molar-refractivity contribution in [3.05, 3.63) is 0 Å². The van der Waals surface area contributed by atoms with Gasteiger partial charge in [0.25, 0.3) is 0 Å². The predicted octanol–water partition coefficient (Wildman–Crippen LogP) is -3.22. The lowest BCUT2D eigenvalue weighted by atomic mass is 9.98. The van der Waals surface area contributed by atoms with Gasteiger partial charge in [-0.1, -0.05) is 0 Å². The van der Waals surface area contributed by atoms with Crippen molar-refractivity contribution in [2.45, 2.75) is 24.1 Å². The normalized spacial score (nSPS) is 49.2. The molecule has 4 atom stereocenters. The summed E-state index contributed by atoms with van der Waals surface area (Å²) in [5.41, 5.74) is 0. The van der Waals surface area contributed by atoms with E-state index in [0.717, 1.165) is 0 Å². The van der Waals surface area contributed by atoms with Gasteiger partial charge in [-0.15, -0.1) is 0 Å². The zero-order valence-electron chi connectivity index (χ0n) is 6.29. The highest BCUT2D eigenvalue weighted by atomic mass is 16.7. The summed E-state index contributed by atoms with van der Waals surface area (Å²) in [6.45, 7) is -1.16. The molecule has 0 bridgehead atoms. The molecule has 0 radical (unpaired) electrons. The Morgan fingerprint density at radius 1 is 1.33 bits per heavy atom. The standard InChI is InChI=1S/C6H12O6/c7-2-6(11)5(10)4(9)3(8)1-12-6/h3-5,7-11H,1-2H2/t3-,4-,5+,6-/m1/s1. The van der Waals surface area contributed by atoms with E-state index in [1.807, 2.05) is 0 Å². The van der Waals surface area contributed by atoms with Crippen LogP contribution < -0.4 is 0 Å². The van der Waals surface area contributed by atoms with Gasteiger partial charge in [-0.2, -0.15) is 0 Å². The smallest absolute Gasteiger partial charge is 0.218 e.